The van der Waals surface area contributed by atoms with E-state index in [1.807, 2.05) is 11.8 Å². The first kappa shape index (κ1) is 14.0. The smallest absolute Gasteiger partial charge is 0.311 e. The third-order valence-electron chi connectivity index (χ3n) is 3.46. The summed E-state index contributed by atoms with van der Waals surface area (Å²) in [5, 5.41) is 19.6. The van der Waals surface area contributed by atoms with Gasteiger partial charge in [0.1, 0.15) is 5.82 Å². The molecule has 1 aromatic rings. The number of rotatable bonds is 3. The average Bonchev–Trinajstić information content (AvgIpc) is 2.46. The van der Waals surface area contributed by atoms with Crippen LogP contribution in [0.1, 0.15) is 6.92 Å². The number of piperazine rings is 1. The predicted molar refractivity (Wildman–Crippen MR) is 74.2 cm³/mol. The van der Waals surface area contributed by atoms with Gasteiger partial charge in [-0.2, -0.15) is 5.26 Å². The topological polar surface area (TPSA) is 112 Å². The molecule has 8 nitrogen and oxygen atoms in total. The maximum atomic E-state index is 10.7. The van der Waals surface area contributed by atoms with E-state index >= 15 is 0 Å². The van der Waals surface area contributed by atoms with Crippen LogP contribution in [0.4, 0.5) is 17.3 Å². The zero-order valence-corrected chi connectivity index (χ0v) is 11.2. The number of nitriles is 1. The predicted octanol–water partition coefficient (Wildman–Crippen LogP) is 0.606. The number of pyridine rings is 1. The van der Waals surface area contributed by atoms with Crippen molar-refractivity contribution >= 4 is 17.3 Å². The Balaban J connectivity index is 2.06. The summed E-state index contributed by atoms with van der Waals surface area (Å²) in [6.07, 6.45) is 0. The van der Waals surface area contributed by atoms with Crippen molar-refractivity contribution in [1.82, 2.24) is 9.88 Å². The van der Waals surface area contributed by atoms with E-state index in [1.165, 1.54) is 6.07 Å². The van der Waals surface area contributed by atoms with Gasteiger partial charge in [-0.25, -0.2) is 4.98 Å². The maximum Gasteiger partial charge on any atom is 0.311 e. The second-order valence-corrected chi connectivity index (χ2v) is 4.66. The number of nitrogens with two attached hydrogens (primary N) is 1. The molecular weight excluding hydrogens is 260 g/mol. The van der Waals surface area contributed by atoms with Crippen molar-refractivity contribution in [2.75, 3.05) is 36.8 Å². The van der Waals surface area contributed by atoms with Gasteiger partial charge in [-0.1, -0.05) is 0 Å². The summed E-state index contributed by atoms with van der Waals surface area (Å²) in [6.45, 7) is 4.82. The van der Waals surface area contributed by atoms with Crippen LogP contribution in [0.2, 0.25) is 0 Å². The third-order valence-corrected chi connectivity index (χ3v) is 3.46. The Morgan fingerprint density at radius 2 is 2.10 bits per heavy atom. The van der Waals surface area contributed by atoms with Crippen LogP contribution in [-0.2, 0) is 0 Å². The summed E-state index contributed by atoms with van der Waals surface area (Å²) in [5.41, 5.74) is 5.42. The van der Waals surface area contributed by atoms with Crippen LogP contribution >= 0.6 is 0 Å². The van der Waals surface area contributed by atoms with E-state index in [2.05, 4.69) is 16.0 Å². The minimum absolute atomic E-state index is 0.0691. The Morgan fingerprint density at radius 1 is 1.45 bits per heavy atom. The normalized spacial score (nSPS) is 17.5. The quantitative estimate of drug-likeness (QED) is 0.635. The Labute approximate surface area is 116 Å². The van der Waals surface area contributed by atoms with Crippen molar-refractivity contribution in [3.8, 4) is 6.07 Å². The van der Waals surface area contributed by atoms with Crippen molar-refractivity contribution in [3.63, 3.8) is 0 Å². The van der Waals surface area contributed by atoms with Crippen LogP contribution in [0, 0.1) is 21.4 Å². The number of nitro groups is 1. The van der Waals surface area contributed by atoms with Gasteiger partial charge in [-0.3, -0.25) is 15.0 Å². The van der Waals surface area contributed by atoms with Gasteiger partial charge >= 0.3 is 5.69 Å². The molecule has 1 aliphatic heterocycles. The first-order valence-electron chi connectivity index (χ1n) is 6.32. The second-order valence-electron chi connectivity index (χ2n) is 4.66. The highest BCUT2D eigenvalue weighted by Crippen LogP contribution is 2.23. The van der Waals surface area contributed by atoms with Crippen molar-refractivity contribution in [1.29, 1.82) is 5.26 Å². The molecule has 1 aliphatic rings. The molecular formula is C12H16N6O2. The van der Waals surface area contributed by atoms with Gasteiger partial charge < -0.3 is 10.6 Å². The lowest BCUT2D eigenvalue weighted by Gasteiger charge is -2.36. The summed E-state index contributed by atoms with van der Waals surface area (Å²) >= 11 is 0. The summed E-state index contributed by atoms with van der Waals surface area (Å²) in [6, 6.07) is 5.10. The summed E-state index contributed by atoms with van der Waals surface area (Å²) in [7, 11) is 0. The molecule has 106 valence electrons. The van der Waals surface area contributed by atoms with Gasteiger partial charge in [-0.05, 0) is 13.0 Å². The van der Waals surface area contributed by atoms with E-state index in [9.17, 15) is 10.1 Å². The van der Waals surface area contributed by atoms with E-state index in [-0.39, 0.29) is 17.5 Å². The minimum atomic E-state index is -0.543. The molecule has 8 heteroatoms. The van der Waals surface area contributed by atoms with E-state index in [4.69, 9.17) is 11.0 Å². The van der Waals surface area contributed by atoms with Crippen LogP contribution in [-0.4, -0.2) is 47.0 Å². The lowest BCUT2D eigenvalue weighted by atomic mass is 10.2. The van der Waals surface area contributed by atoms with Gasteiger partial charge in [0, 0.05) is 32.2 Å². The Morgan fingerprint density at radius 3 is 2.60 bits per heavy atom. The molecule has 2 heterocycles. The summed E-state index contributed by atoms with van der Waals surface area (Å²) in [5.74, 6) is 0.567. The van der Waals surface area contributed by atoms with Crippen molar-refractivity contribution in [3.05, 3.63) is 22.2 Å². The summed E-state index contributed by atoms with van der Waals surface area (Å²) < 4.78 is 0. The Hall–Kier alpha value is -2.40. The number of hydrogen-bond acceptors (Lipinski definition) is 7. The summed E-state index contributed by atoms with van der Waals surface area (Å²) in [4.78, 5) is 18.3. The molecule has 1 aromatic heterocycles. The van der Waals surface area contributed by atoms with Crippen LogP contribution in [0.25, 0.3) is 0 Å². The number of hydrogen-bond donors (Lipinski definition) is 1. The lowest BCUT2D eigenvalue weighted by Crippen LogP contribution is -2.49. The monoisotopic (exact) mass is 276 g/mol. The molecule has 0 bridgehead atoms. The van der Waals surface area contributed by atoms with Crippen molar-refractivity contribution in [2.24, 2.45) is 0 Å². The second kappa shape index (κ2) is 5.71. The fraction of sp³-hybridized carbons (Fsp3) is 0.500. The highest BCUT2D eigenvalue weighted by atomic mass is 16.6. The molecule has 1 fully saturated rings. The standard InChI is InChI=1S/C12H16N6O2/c1-9(8-13)16-4-6-17(7-5-16)11-3-2-10(18(19)20)12(14)15-11/h2-3,9H,4-7H2,1H3,(H2,14,15). The molecule has 2 N–H and O–H groups in total. The van der Waals surface area contributed by atoms with Gasteiger partial charge in [0.25, 0.3) is 0 Å². The largest absolute Gasteiger partial charge is 0.378 e. The molecule has 2 rings (SSSR count). The molecule has 1 saturated heterocycles. The average molecular weight is 276 g/mol. The fourth-order valence-corrected chi connectivity index (χ4v) is 2.21. The zero-order chi connectivity index (χ0) is 14.7. The Bertz CT molecular complexity index is 547. The number of nitrogens with zero attached hydrogens (tertiary/aromatic N) is 5. The first-order chi connectivity index (χ1) is 9.52. The minimum Gasteiger partial charge on any atom is -0.378 e. The Kier molecular flexibility index (Phi) is 4.00. The highest BCUT2D eigenvalue weighted by molar-refractivity contribution is 5.58. The van der Waals surface area contributed by atoms with Crippen LogP contribution < -0.4 is 10.6 Å². The number of nitrogen functional groups attached to an aromatic ring is 1. The molecule has 0 radical (unpaired) electrons. The van der Waals surface area contributed by atoms with Crippen LogP contribution in [0.15, 0.2) is 12.1 Å². The van der Waals surface area contributed by atoms with Crippen LogP contribution in [0.5, 0.6) is 0 Å². The molecule has 0 saturated carbocycles. The first-order valence-corrected chi connectivity index (χ1v) is 6.32. The van der Waals surface area contributed by atoms with Gasteiger partial charge in [0.05, 0.1) is 17.0 Å². The molecule has 0 amide bonds. The SMILES string of the molecule is CC(C#N)N1CCN(c2ccc([N+](=O)[O-])c(N)n2)CC1. The zero-order valence-electron chi connectivity index (χ0n) is 11.2. The van der Waals surface area contributed by atoms with Gasteiger partial charge in [0.2, 0.25) is 5.82 Å². The molecule has 0 aliphatic carbocycles. The van der Waals surface area contributed by atoms with E-state index in [0.29, 0.717) is 5.82 Å². The number of anilines is 2. The van der Waals surface area contributed by atoms with E-state index in [1.54, 1.807) is 6.07 Å². The molecule has 1 atom stereocenters. The molecule has 0 aromatic carbocycles. The van der Waals surface area contributed by atoms with Crippen molar-refractivity contribution < 1.29 is 4.92 Å². The number of aromatic nitrogens is 1. The van der Waals surface area contributed by atoms with Gasteiger partial charge in [0.15, 0.2) is 0 Å². The van der Waals surface area contributed by atoms with Gasteiger partial charge in [-0.15, -0.1) is 0 Å². The van der Waals surface area contributed by atoms with E-state index in [0.717, 1.165) is 26.2 Å². The maximum absolute atomic E-state index is 10.7. The van der Waals surface area contributed by atoms with Crippen LogP contribution in [0.3, 0.4) is 0 Å². The fourth-order valence-electron chi connectivity index (χ4n) is 2.21. The lowest BCUT2D eigenvalue weighted by molar-refractivity contribution is -0.384. The molecule has 0 spiro atoms. The molecule has 1 unspecified atom stereocenters. The molecule has 20 heavy (non-hydrogen) atoms. The third kappa shape index (κ3) is 2.78. The van der Waals surface area contributed by atoms with Crippen molar-refractivity contribution in [2.45, 2.75) is 13.0 Å². The highest BCUT2D eigenvalue weighted by Gasteiger charge is 2.23. The van der Waals surface area contributed by atoms with E-state index < -0.39 is 4.92 Å².